The van der Waals surface area contributed by atoms with Crippen LogP contribution in [0, 0.1) is 5.92 Å². The lowest BCUT2D eigenvalue weighted by molar-refractivity contribution is -0.121. The fourth-order valence-corrected chi connectivity index (χ4v) is 3.47. The smallest absolute Gasteiger partial charge is 0.409 e. The van der Waals surface area contributed by atoms with Crippen molar-refractivity contribution in [2.45, 2.75) is 38.5 Å². The standard InChI is InChI=1S/C14H20N4O3S/c1-2-21-14(20)18-7-3-4-10(8-18)11(19)15-13-17-16-12(22-13)9-5-6-9/h9-10H,2-8H2,1H3,(H,15,17,19). The average molecular weight is 324 g/mol. The molecule has 2 aliphatic rings. The molecular weight excluding hydrogens is 304 g/mol. The lowest BCUT2D eigenvalue weighted by Crippen LogP contribution is -2.44. The highest BCUT2D eigenvalue weighted by molar-refractivity contribution is 7.15. The molecule has 1 saturated heterocycles. The zero-order valence-corrected chi connectivity index (χ0v) is 13.4. The number of anilines is 1. The van der Waals surface area contributed by atoms with E-state index in [1.54, 1.807) is 11.8 Å². The Labute approximate surface area is 133 Å². The Morgan fingerprint density at radius 1 is 1.36 bits per heavy atom. The maximum absolute atomic E-state index is 12.3. The van der Waals surface area contributed by atoms with Gasteiger partial charge in [-0.05, 0) is 32.6 Å². The van der Waals surface area contributed by atoms with Crippen molar-refractivity contribution in [3.05, 3.63) is 5.01 Å². The molecule has 22 heavy (non-hydrogen) atoms. The van der Waals surface area contributed by atoms with Crippen LogP contribution in [0.1, 0.15) is 43.5 Å². The molecule has 1 aliphatic carbocycles. The molecule has 120 valence electrons. The maximum Gasteiger partial charge on any atom is 0.409 e. The summed E-state index contributed by atoms with van der Waals surface area (Å²) in [7, 11) is 0. The molecule has 1 aromatic heterocycles. The predicted molar refractivity (Wildman–Crippen MR) is 81.8 cm³/mol. The van der Waals surface area contributed by atoms with Crippen LogP contribution in [0.5, 0.6) is 0 Å². The molecule has 2 amide bonds. The van der Waals surface area contributed by atoms with Gasteiger partial charge in [0.15, 0.2) is 0 Å². The van der Waals surface area contributed by atoms with Crippen LogP contribution < -0.4 is 5.32 Å². The van der Waals surface area contributed by atoms with Gasteiger partial charge in [-0.3, -0.25) is 4.79 Å². The molecule has 0 aromatic carbocycles. The third-order valence-corrected chi connectivity index (χ3v) is 4.92. The second kappa shape index (κ2) is 6.60. The zero-order valence-electron chi connectivity index (χ0n) is 12.6. The van der Waals surface area contributed by atoms with Crippen molar-refractivity contribution >= 4 is 28.5 Å². The summed E-state index contributed by atoms with van der Waals surface area (Å²) in [5.74, 6) is 0.232. The SMILES string of the molecule is CCOC(=O)N1CCCC(C(=O)Nc2nnc(C3CC3)s2)C1. The number of hydrogen-bond donors (Lipinski definition) is 1. The van der Waals surface area contributed by atoms with Gasteiger partial charge in [0, 0.05) is 19.0 Å². The van der Waals surface area contributed by atoms with E-state index in [9.17, 15) is 9.59 Å². The zero-order chi connectivity index (χ0) is 15.5. The molecule has 7 nitrogen and oxygen atoms in total. The summed E-state index contributed by atoms with van der Waals surface area (Å²) in [6.07, 6.45) is 3.57. The molecule has 2 heterocycles. The second-order valence-corrected chi connectivity index (χ2v) is 6.70. The topological polar surface area (TPSA) is 84.4 Å². The van der Waals surface area contributed by atoms with Crippen molar-refractivity contribution in [2.75, 3.05) is 25.0 Å². The quantitative estimate of drug-likeness (QED) is 0.918. The van der Waals surface area contributed by atoms with Gasteiger partial charge in [-0.15, -0.1) is 10.2 Å². The van der Waals surface area contributed by atoms with Crippen LogP contribution in [0.2, 0.25) is 0 Å². The van der Waals surface area contributed by atoms with Crippen molar-refractivity contribution in [1.29, 1.82) is 0 Å². The summed E-state index contributed by atoms with van der Waals surface area (Å²) in [5.41, 5.74) is 0. The first-order chi connectivity index (χ1) is 10.7. The second-order valence-electron chi connectivity index (χ2n) is 5.69. The van der Waals surface area contributed by atoms with Crippen LogP contribution in [-0.4, -0.2) is 46.8 Å². The minimum absolute atomic E-state index is 0.0903. The summed E-state index contributed by atoms with van der Waals surface area (Å²) in [6.45, 7) is 3.17. The number of piperidine rings is 1. The molecule has 8 heteroatoms. The van der Waals surface area contributed by atoms with Crippen LogP contribution in [-0.2, 0) is 9.53 Å². The van der Waals surface area contributed by atoms with E-state index >= 15 is 0 Å². The van der Waals surface area contributed by atoms with Crippen LogP contribution in [0.4, 0.5) is 9.93 Å². The van der Waals surface area contributed by atoms with Gasteiger partial charge in [-0.25, -0.2) is 4.79 Å². The third kappa shape index (κ3) is 3.55. The molecule has 3 rings (SSSR count). The highest BCUT2D eigenvalue weighted by atomic mass is 32.1. The number of carbonyl (C=O) groups is 2. The summed E-state index contributed by atoms with van der Waals surface area (Å²) in [4.78, 5) is 25.7. The number of amides is 2. The van der Waals surface area contributed by atoms with Gasteiger partial charge in [-0.1, -0.05) is 11.3 Å². The Hall–Kier alpha value is -1.70. The van der Waals surface area contributed by atoms with E-state index in [4.69, 9.17) is 4.74 Å². The molecule has 1 aromatic rings. The lowest BCUT2D eigenvalue weighted by atomic mass is 9.97. The van der Waals surface area contributed by atoms with Crippen molar-refractivity contribution < 1.29 is 14.3 Å². The Kier molecular flexibility index (Phi) is 4.56. The Morgan fingerprint density at radius 2 is 2.18 bits per heavy atom. The molecule has 1 N–H and O–H groups in total. The van der Waals surface area contributed by atoms with Crippen LogP contribution in [0.3, 0.4) is 0 Å². The molecule has 0 spiro atoms. The fourth-order valence-electron chi connectivity index (χ4n) is 2.56. The van der Waals surface area contributed by atoms with Crippen LogP contribution >= 0.6 is 11.3 Å². The van der Waals surface area contributed by atoms with Gasteiger partial charge >= 0.3 is 6.09 Å². The monoisotopic (exact) mass is 324 g/mol. The highest BCUT2D eigenvalue weighted by Gasteiger charge is 2.31. The average Bonchev–Trinajstić information content (AvgIpc) is 3.28. The number of hydrogen-bond acceptors (Lipinski definition) is 6. The number of aromatic nitrogens is 2. The van der Waals surface area contributed by atoms with E-state index in [0.717, 1.165) is 17.8 Å². The largest absolute Gasteiger partial charge is 0.450 e. The maximum atomic E-state index is 12.3. The van der Waals surface area contributed by atoms with E-state index in [-0.39, 0.29) is 17.9 Å². The first-order valence-electron chi connectivity index (χ1n) is 7.73. The van der Waals surface area contributed by atoms with E-state index in [1.807, 2.05) is 0 Å². The van der Waals surface area contributed by atoms with Gasteiger partial charge in [0.2, 0.25) is 11.0 Å². The molecule has 1 atom stereocenters. The van der Waals surface area contributed by atoms with Gasteiger partial charge in [0.1, 0.15) is 5.01 Å². The minimum atomic E-state index is -0.341. The molecule has 2 fully saturated rings. The minimum Gasteiger partial charge on any atom is -0.450 e. The van der Waals surface area contributed by atoms with E-state index in [1.165, 1.54) is 24.2 Å². The molecule has 0 radical (unpaired) electrons. The number of rotatable bonds is 4. The van der Waals surface area contributed by atoms with Crippen molar-refractivity contribution in [3.8, 4) is 0 Å². The first kappa shape index (κ1) is 15.2. The molecular formula is C14H20N4O3S. The molecule has 0 bridgehead atoms. The predicted octanol–water partition coefficient (Wildman–Crippen LogP) is 2.22. The normalized spacial score (nSPS) is 21.5. The third-order valence-electron chi connectivity index (χ3n) is 3.92. The molecule has 1 saturated carbocycles. The van der Waals surface area contributed by atoms with Gasteiger partial charge < -0.3 is 15.0 Å². The van der Waals surface area contributed by atoms with Crippen molar-refractivity contribution in [3.63, 3.8) is 0 Å². The first-order valence-corrected chi connectivity index (χ1v) is 8.55. The molecule has 1 unspecified atom stereocenters. The Morgan fingerprint density at radius 3 is 2.91 bits per heavy atom. The summed E-state index contributed by atoms with van der Waals surface area (Å²) < 4.78 is 5.00. The summed E-state index contributed by atoms with van der Waals surface area (Å²) in [5, 5.41) is 12.5. The summed E-state index contributed by atoms with van der Waals surface area (Å²) in [6, 6.07) is 0. The van der Waals surface area contributed by atoms with Crippen molar-refractivity contribution in [1.82, 2.24) is 15.1 Å². The van der Waals surface area contributed by atoms with Crippen LogP contribution in [0.25, 0.3) is 0 Å². The van der Waals surface area contributed by atoms with Gasteiger partial charge in [-0.2, -0.15) is 0 Å². The van der Waals surface area contributed by atoms with Gasteiger partial charge in [0.05, 0.1) is 12.5 Å². The summed E-state index contributed by atoms with van der Waals surface area (Å²) >= 11 is 1.45. The van der Waals surface area contributed by atoms with Crippen LogP contribution in [0.15, 0.2) is 0 Å². The van der Waals surface area contributed by atoms with E-state index in [2.05, 4.69) is 15.5 Å². The number of nitrogens with zero attached hydrogens (tertiary/aromatic N) is 3. The Bertz CT molecular complexity index is 558. The number of ether oxygens (including phenoxy) is 1. The number of nitrogens with one attached hydrogen (secondary N) is 1. The van der Waals surface area contributed by atoms with Gasteiger partial charge in [0.25, 0.3) is 0 Å². The van der Waals surface area contributed by atoms with E-state index < -0.39 is 0 Å². The van der Waals surface area contributed by atoms with E-state index in [0.29, 0.717) is 30.7 Å². The number of carbonyl (C=O) groups excluding carboxylic acids is 2. The van der Waals surface area contributed by atoms with Crippen molar-refractivity contribution in [2.24, 2.45) is 5.92 Å². The lowest BCUT2D eigenvalue weighted by Gasteiger charge is -2.30. The fraction of sp³-hybridized carbons (Fsp3) is 0.714. The molecule has 1 aliphatic heterocycles. The highest BCUT2D eigenvalue weighted by Crippen LogP contribution is 2.42. The number of likely N-dealkylation sites (tertiary alicyclic amines) is 1. The Balaban J connectivity index is 1.55.